The minimum Gasteiger partial charge on any atom is -0.481 e. The van der Waals surface area contributed by atoms with E-state index in [1.165, 1.54) is 19.3 Å². The molecular formula is C16H19NO3. The summed E-state index contributed by atoms with van der Waals surface area (Å²) < 4.78 is 0. The normalized spacial score (nSPS) is 26.9. The average molecular weight is 273 g/mol. The first-order valence-electron chi connectivity index (χ1n) is 7.27. The third-order valence-electron chi connectivity index (χ3n) is 4.56. The number of carboxylic acids is 1. The van der Waals surface area contributed by atoms with Crippen molar-refractivity contribution in [3.8, 4) is 0 Å². The minimum absolute atomic E-state index is 0.136. The molecule has 1 aromatic rings. The van der Waals surface area contributed by atoms with Gasteiger partial charge in [-0.1, -0.05) is 18.6 Å². The number of benzene rings is 1. The Morgan fingerprint density at radius 1 is 1.15 bits per heavy atom. The molecule has 2 saturated carbocycles. The molecule has 2 aliphatic rings. The Labute approximate surface area is 118 Å². The zero-order valence-corrected chi connectivity index (χ0v) is 11.3. The molecule has 20 heavy (non-hydrogen) atoms. The standard InChI is InChI=1S/C16H19NO3/c18-14(19)9-6-10-4-7-11(8-5-10)17-16(20)15-12-2-1-3-13(12)15/h4-5,7-8,12-13,15H,1-3,6,9H2,(H,17,20)(H,18,19). The number of anilines is 1. The lowest BCUT2D eigenvalue weighted by Crippen LogP contribution is -2.16. The van der Waals surface area contributed by atoms with Crippen LogP contribution >= 0.6 is 0 Å². The summed E-state index contributed by atoms with van der Waals surface area (Å²) in [5, 5.41) is 11.6. The topological polar surface area (TPSA) is 66.4 Å². The van der Waals surface area contributed by atoms with E-state index in [1.807, 2.05) is 24.3 Å². The van der Waals surface area contributed by atoms with Gasteiger partial charge in [0.25, 0.3) is 0 Å². The third kappa shape index (κ3) is 2.69. The van der Waals surface area contributed by atoms with E-state index in [2.05, 4.69) is 5.32 Å². The quantitative estimate of drug-likeness (QED) is 0.866. The number of hydrogen-bond acceptors (Lipinski definition) is 2. The van der Waals surface area contributed by atoms with E-state index in [0.29, 0.717) is 18.3 Å². The highest BCUT2D eigenvalue weighted by molar-refractivity contribution is 5.95. The summed E-state index contributed by atoms with van der Waals surface area (Å²) in [6.45, 7) is 0. The lowest BCUT2D eigenvalue weighted by atomic mass is 10.1. The van der Waals surface area contributed by atoms with Crippen molar-refractivity contribution >= 4 is 17.6 Å². The second kappa shape index (κ2) is 5.27. The van der Waals surface area contributed by atoms with Crippen LogP contribution in [-0.2, 0) is 16.0 Å². The summed E-state index contributed by atoms with van der Waals surface area (Å²) in [4.78, 5) is 22.6. The van der Waals surface area contributed by atoms with E-state index in [0.717, 1.165) is 11.3 Å². The van der Waals surface area contributed by atoms with Crippen LogP contribution in [0.25, 0.3) is 0 Å². The molecule has 2 unspecified atom stereocenters. The maximum Gasteiger partial charge on any atom is 0.303 e. The van der Waals surface area contributed by atoms with Gasteiger partial charge in [0.1, 0.15) is 0 Å². The average Bonchev–Trinajstić information content (AvgIpc) is 2.92. The number of fused-ring (bicyclic) bond motifs is 1. The van der Waals surface area contributed by atoms with Crippen molar-refractivity contribution in [1.82, 2.24) is 0 Å². The number of rotatable bonds is 5. The molecule has 4 heteroatoms. The zero-order chi connectivity index (χ0) is 14.1. The van der Waals surface area contributed by atoms with Crippen molar-refractivity contribution in [2.24, 2.45) is 17.8 Å². The van der Waals surface area contributed by atoms with Crippen molar-refractivity contribution in [2.75, 3.05) is 5.32 Å². The van der Waals surface area contributed by atoms with E-state index >= 15 is 0 Å². The molecule has 0 heterocycles. The lowest BCUT2D eigenvalue weighted by molar-refractivity contribution is -0.137. The van der Waals surface area contributed by atoms with Gasteiger partial charge in [0.05, 0.1) is 0 Å². The highest BCUT2D eigenvalue weighted by atomic mass is 16.4. The summed E-state index contributed by atoms with van der Waals surface area (Å²) in [7, 11) is 0. The number of hydrogen-bond donors (Lipinski definition) is 2. The van der Waals surface area contributed by atoms with Gasteiger partial charge in [0, 0.05) is 18.0 Å². The van der Waals surface area contributed by atoms with Gasteiger partial charge in [-0.3, -0.25) is 9.59 Å². The van der Waals surface area contributed by atoms with E-state index in [4.69, 9.17) is 5.11 Å². The molecule has 0 bridgehead atoms. The zero-order valence-electron chi connectivity index (χ0n) is 11.3. The Balaban J connectivity index is 1.53. The van der Waals surface area contributed by atoms with Crippen LogP contribution in [0.2, 0.25) is 0 Å². The third-order valence-corrected chi connectivity index (χ3v) is 4.56. The van der Waals surface area contributed by atoms with Crippen LogP contribution in [0.1, 0.15) is 31.2 Å². The molecule has 0 radical (unpaired) electrons. The number of nitrogens with one attached hydrogen (secondary N) is 1. The fourth-order valence-corrected chi connectivity index (χ4v) is 3.44. The Morgan fingerprint density at radius 3 is 2.40 bits per heavy atom. The minimum atomic E-state index is -0.789. The highest BCUT2D eigenvalue weighted by Crippen LogP contribution is 2.57. The maximum absolute atomic E-state index is 12.1. The summed E-state index contributed by atoms with van der Waals surface area (Å²) in [6.07, 6.45) is 4.35. The molecule has 0 spiro atoms. The predicted molar refractivity (Wildman–Crippen MR) is 75.3 cm³/mol. The molecule has 0 saturated heterocycles. The molecule has 4 nitrogen and oxygen atoms in total. The number of amides is 1. The molecule has 1 amide bonds. The van der Waals surface area contributed by atoms with Crippen molar-refractivity contribution < 1.29 is 14.7 Å². The molecule has 2 N–H and O–H groups in total. The fraction of sp³-hybridized carbons (Fsp3) is 0.500. The van der Waals surface area contributed by atoms with E-state index < -0.39 is 5.97 Å². The molecular weight excluding hydrogens is 254 g/mol. The molecule has 106 valence electrons. The molecule has 1 aromatic carbocycles. The monoisotopic (exact) mass is 273 g/mol. The second-order valence-electron chi connectivity index (χ2n) is 5.86. The first-order chi connectivity index (χ1) is 9.65. The van der Waals surface area contributed by atoms with Gasteiger partial charge in [-0.15, -0.1) is 0 Å². The van der Waals surface area contributed by atoms with Gasteiger partial charge in [-0.25, -0.2) is 0 Å². The summed E-state index contributed by atoms with van der Waals surface area (Å²) in [6, 6.07) is 7.47. The fourth-order valence-electron chi connectivity index (χ4n) is 3.44. The number of carbonyl (C=O) groups excluding carboxylic acids is 1. The van der Waals surface area contributed by atoms with E-state index in [9.17, 15) is 9.59 Å². The maximum atomic E-state index is 12.1. The van der Waals surface area contributed by atoms with Crippen molar-refractivity contribution in [3.05, 3.63) is 29.8 Å². The molecule has 0 aliphatic heterocycles. The summed E-state index contributed by atoms with van der Waals surface area (Å²) in [5.74, 6) is 0.853. The number of aliphatic carboxylic acids is 1. The molecule has 0 aromatic heterocycles. The van der Waals surface area contributed by atoms with E-state index in [1.54, 1.807) is 0 Å². The van der Waals surface area contributed by atoms with Crippen LogP contribution in [0, 0.1) is 17.8 Å². The second-order valence-corrected chi connectivity index (χ2v) is 5.86. The largest absolute Gasteiger partial charge is 0.481 e. The lowest BCUT2D eigenvalue weighted by Gasteiger charge is -2.07. The van der Waals surface area contributed by atoms with Gasteiger partial charge < -0.3 is 10.4 Å². The van der Waals surface area contributed by atoms with Gasteiger partial charge >= 0.3 is 5.97 Å². The molecule has 2 atom stereocenters. The SMILES string of the molecule is O=C(O)CCc1ccc(NC(=O)C2C3CCCC32)cc1. The Kier molecular flexibility index (Phi) is 3.47. The van der Waals surface area contributed by atoms with Crippen LogP contribution < -0.4 is 5.32 Å². The Morgan fingerprint density at radius 2 is 1.80 bits per heavy atom. The van der Waals surface area contributed by atoms with Crippen LogP contribution in [0.5, 0.6) is 0 Å². The number of aryl methyl sites for hydroxylation is 1. The van der Waals surface area contributed by atoms with Crippen molar-refractivity contribution in [1.29, 1.82) is 0 Å². The molecule has 3 rings (SSSR count). The van der Waals surface area contributed by atoms with Crippen LogP contribution in [0.4, 0.5) is 5.69 Å². The van der Waals surface area contributed by atoms with E-state index in [-0.39, 0.29) is 18.2 Å². The van der Waals surface area contributed by atoms with Gasteiger partial charge in [0.2, 0.25) is 5.91 Å². The van der Waals surface area contributed by atoms with Crippen molar-refractivity contribution in [2.45, 2.75) is 32.1 Å². The molecule has 2 fully saturated rings. The summed E-state index contributed by atoms with van der Waals surface area (Å²) in [5.41, 5.74) is 1.78. The Hall–Kier alpha value is -1.84. The van der Waals surface area contributed by atoms with Crippen LogP contribution in [0.15, 0.2) is 24.3 Å². The smallest absolute Gasteiger partial charge is 0.303 e. The van der Waals surface area contributed by atoms with Crippen LogP contribution in [0.3, 0.4) is 0 Å². The van der Waals surface area contributed by atoms with Crippen LogP contribution in [-0.4, -0.2) is 17.0 Å². The number of carboxylic acid groups (broad SMARTS) is 1. The molecule has 2 aliphatic carbocycles. The number of carbonyl (C=O) groups is 2. The van der Waals surface area contributed by atoms with Gasteiger partial charge in [-0.05, 0) is 48.8 Å². The van der Waals surface area contributed by atoms with Gasteiger partial charge in [0.15, 0.2) is 0 Å². The first-order valence-corrected chi connectivity index (χ1v) is 7.27. The van der Waals surface area contributed by atoms with Crippen molar-refractivity contribution in [3.63, 3.8) is 0 Å². The predicted octanol–water partition coefficient (Wildman–Crippen LogP) is 2.69. The first kappa shape index (κ1) is 13.2. The summed E-state index contributed by atoms with van der Waals surface area (Å²) >= 11 is 0. The Bertz CT molecular complexity index is 513. The highest BCUT2D eigenvalue weighted by Gasteiger charge is 2.56. The van der Waals surface area contributed by atoms with Gasteiger partial charge in [-0.2, -0.15) is 0 Å².